The van der Waals surface area contributed by atoms with E-state index in [1.807, 2.05) is 0 Å². The van der Waals surface area contributed by atoms with Crippen LogP contribution in [0.3, 0.4) is 0 Å². The summed E-state index contributed by atoms with van der Waals surface area (Å²) >= 11 is 0. The summed E-state index contributed by atoms with van der Waals surface area (Å²) in [4.78, 5) is 23.8. The van der Waals surface area contributed by atoms with Crippen molar-refractivity contribution in [3.63, 3.8) is 0 Å². The molecule has 0 fully saturated rings. The number of carbonyl (C=O) groups is 2. The number of hydrogen-bond acceptors (Lipinski definition) is 4. The van der Waals surface area contributed by atoms with Crippen molar-refractivity contribution in [2.45, 2.75) is 13.8 Å². The van der Waals surface area contributed by atoms with E-state index in [4.69, 9.17) is 4.74 Å². The molecule has 0 bridgehead atoms. The van der Waals surface area contributed by atoms with Gasteiger partial charge in [-0.2, -0.15) is 0 Å². The van der Waals surface area contributed by atoms with Gasteiger partial charge in [0.1, 0.15) is 12.4 Å². The van der Waals surface area contributed by atoms with Gasteiger partial charge in [0, 0.05) is 12.6 Å². The van der Waals surface area contributed by atoms with Crippen molar-refractivity contribution in [1.82, 2.24) is 0 Å². The Morgan fingerprint density at radius 1 is 1.39 bits per heavy atom. The number of benzene rings is 1. The van der Waals surface area contributed by atoms with E-state index in [0.29, 0.717) is 12.2 Å². The molecular formula is C13H16FNO3. The molecule has 1 aromatic carbocycles. The Balaban J connectivity index is 2.83. The number of halogens is 1. The van der Waals surface area contributed by atoms with E-state index in [1.165, 1.54) is 30.0 Å². The topological polar surface area (TPSA) is 46.6 Å². The fraction of sp³-hybridized carbons (Fsp3) is 0.385. The minimum absolute atomic E-state index is 0.0375. The SMILES string of the molecule is CCOC(=O)CN(C)c1ccc(C(C)=O)cc1F. The largest absolute Gasteiger partial charge is 0.465 e. The van der Waals surface area contributed by atoms with Crippen molar-refractivity contribution in [2.24, 2.45) is 0 Å². The number of esters is 1. The van der Waals surface area contributed by atoms with Gasteiger partial charge in [0.15, 0.2) is 5.78 Å². The molecule has 0 N–H and O–H groups in total. The lowest BCUT2D eigenvalue weighted by Crippen LogP contribution is -2.27. The van der Waals surface area contributed by atoms with Crippen LogP contribution >= 0.6 is 0 Å². The number of rotatable bonds is 5. The highest BCUT2D eigenvalue weighted by molar-refractivity contribution is 5.94. The predicted octanol–water partition coefficient (Wildman–Crippen LogP) is 2.03. The maximum absolute atomic E-state index is 13.8. The van der Waals surface area contributed by atoms with Gasteiger partial charge in [-0.05, 0) is 32.0 Å². The molecule has 0 atom stereocenters. The Hall–Kier alpha value is -1.91. The second kappa shape index (κ2) is 6.14. The molecule has 98 valence electrons. The van der Waals surface area contributed by atoms with Crippen LogP contribution in [-0.2, 0) is 9.53 Å². The van der Waals surface area contributed by atoms with Crippen LogP contribution in [0.15, 0.2) is 18.2 Å². The first-order chi connectivity index (χ1) is 8.45. The van der Waals surface area contributed by atoms with Crippen molar-refractivity contribution in [3.05, 3.63) is 29.6 Å². The predicted molar refractivity (Wildman–Crippen MR) is 66.3 cm³/mol. The first kappa shape index (κ1) is 14.2. The quantitative estimate of drug-likeness (QED) is 0.595. The van der Waals surface area contributed by atoms with Gasteiger partial charge in [-0.25, -0.2) is 4.39 Å². The van der Waals surface area contributed by atoms with Crippen LogP contribution in [-0.4, -0.2) is 32.0 Å². The summed E-state index contributed by atoms with van der Waals surface area (Å²) in [6.45, 7) is 3.33. The number of anilines is 1. The third kappa shape index (κ3) is 3.55. The van der Waals surface area contributed by atoms with E-state index in [9.17, 15) is 14.0 Å². The van der Waals surface area contributed by atoms with Crippen LogP contribution in [0.1, 0.15) is 24.2 Å². The van der Waals surface area contributed by atoms with E-state index < -0.39 is 11.8 Å². The minimum atomic E-state index is -0.533. The Bertz CT molecular complexity index is 460. The van der Waals surface area contributed by atoms with Crippen LogP contribution in [0, 0.1) is 5.82 Å². The zero-order chi connectivity index (χ0) is 13.7. The van der Waals surface area contributed by atoms with E-state index in [-0.39, 0.29) is 18.0 Å². The highest BCUT2D eigenvalue weighted by atomic mass is 19.1. The Morgan fingerprint density at radius 3 is 2.56 bits per heavy atom. The molecule has 0 aliphatic rings. The Morgan fingerprint density at radius 2 is 2.06 bits per heavy atom. The molecule has 0 unspecified atom stereocenters. The fourth-order valence-electron chi connectivity index (χ4n) is 1.52. The van der Waals surface area contributed by atoms with E-state index in [0.717, 1.165) is 0 Å². The third-order valence-electron chi connectivity index (χ3n) is 2.44. The van der Waals surface area contributed by atoms with Gasteiger partial charge < -0.3 is 9.64 Å². The number of ketones is 1. The molecule has 0 saturated heterocycles. The summed E-state index contributed by atoms with van der Waals surface area (Å²) in [5, 5.41) is 0. The Labute approximate surface area is 105 Å². The Kier molecular flexibility index (Phi) is 4.83. The van der Waals surface area contributed by atoms with Gasteiger partial charge in [0.25, 0.3) is 0 Å². The zero-order valence-corrected chi connectivity index (χ0v) is 10.7. The van der Waals surface area contributed by atoms with E-state index >= 15 is 0 Å². The van der Waals surface area contributed by atoms with Gasteiger partial charge in [0.2, 0.25) is 0 Å². The summed E-state index contributed by atoms with van der Waals surface area (Å²) in [5.74, 6) is -1.15. The van der Waals surface area contributed by atoms with Crippen LogP contribution in [0.5, 0.6) is 0 Å². The smallest absolute Gasteiger partial charge is 0.325 e. The number of nitrogens with zero attached hydrogens (tertiary/aromatic N) is 1. The molecule has 0 spiro atoms. The molecule has 0 saturated carbocycles. The zero-order valence-electron chi connectivity index (χ0n) is 10.7. The second-order valence-electron chi connectivity index (χ2n) is 3.88. The summed E-state index contributed by atoms with van der Waals surface area (Å²) in [7, 11) is 1.59. The van der Waals surface area contributed by atoms with E-state index in [2.05, 4.69) is 0 Å². The highest BCUT2D eigenvalue weighted by Crippen LogP contribution is 2.19. The van der Waals surface area contributed by atoms with Crippen molar-refractivity contribution < 1.29 is 18.7 Å². The van der Waals surface area contributed by atoms with Crippen molar-refractivity contribution in [2.75, 3.05) is 25.1 Å². The van der Waals surface area contributed by atoms with Gasteiger partial charge >= 0.3 is 5.97 Å². The number of ether oxygens (including phenoxy) is 1. The molecule has 18 heavy (non-hydrogen) atoms. The average Bonchev–Trinajstić information content (AvgIpc) is 2.28. The molecule has 0 radical (unpaired) electrons. The molecule has 1 rings (SSSR count). The lowest BCUT2D eigenvalue weighted by atomic mass is 10.1. The summed E-state index contributed by atoms with van der Waals surface area (Å²) in [6, 6.07) is 4.17. The van der Waals surface area contributed by atoms with Gasteiger partial charge in [-0.3, -0.25) is 9.59 Å². The maximum atomic E-state index is 13.8. The standard InChI is InChI=1S/C13H16FNO3/c1-4-18-13(17)8-15(3)12-6-5-10(9(2)16)7-11(12)14/h5-7H,4,8H2,1-3H3. The van der Waals surface area contributed by atoms with Gasteiger partial charge in [0.05, 0.1) is 12.3 Å². The fourth-order valence-corrected chi connectivity index (χ4v) is 1.52. The number of likely N-dealkylation sites (N-methyl/N-ethyl adjacent to an activating group) is 1. The summed E-state index contributed by atoms with van der Waals surface area (Å²) < 4.78 is 18.5. The average molecular weight is 253 g/mol. The van der Waals surface area contributed by atoms with Gasteiger partial charge in [-0.15, -0.1) is 0 Å². The van der Waals surface area contributed by atoms with E-state index in [1.54, 1.807) is 14.0 Å². The monoisotopic (exact) mass is 253 g/mol. The van der Waals surface area contributed by atoms with Crippen LogP contribution < -0.4 is 4.90 Å². The first-order valence-corrected chi connectivity index (χ1v) is 5.63. The number of hydrogen-bond donors (Lipinski definition) is 0. The highest BCUT2D eigenvalue weighted by Gasteiger charge is 2.13. The van der Waals surface area contributed by atoms with Crippen molar-refractivity contribution >= 4 is 17.4 Å². The molecule has 0 aromatic heterocycles. The number of Topliss-reactive ketones (excluding diaryl/α,β-unsaturated/α-hetero) is 1. The molecule has 4 nitrogen and oxygen atoms in total. The molecule has 0 aliphatic heterocycles. The van der Waals surface area contributed by atoms with Gasteiger partial charge in [-0.1, -0.05) is 0 Å². The minimum Gasteiger partial charge on any atom is -0.465 e. The molecule has 0 heterocycles. The lowest BCUT2D eigenvalue weighted by Gasteiger charge is -2.19. The second-order valence-corrected chi connectivity index (χ2v) is 3.88. The molecule has 1 aromatic rings. The lowest BCUT2D eigenvalue weighted by molar-refractivity contribution is -0.141. The van der Waals surface area contributed by atoms with Crippen LogP contribution in [0.2, 0.25) is 0 Å². The first-order valence-electron chi connectivity index (χ1n) is 5.63. The molecule has 0 aliphatic carbocycles. The molecule has 0 amide bonds. The summed E-state index contributed by atoms with van der Waals surface area (Å²) in [5.41, 5.74) is 0.564. The van der Waals surface area contributed by atoms with Crippen LogP contribution in [0.4, 0.5) is 10.1 Å². The number of carbonyl (C=O) groups excluding carboxylic acids is 2. The molecular weight excluding hydrogens is 237 g/mol. The molecule has 5 heteroatoms. The van der Waals surface area contributed by atoms with Crippen molar-refractivity contribution in [1.29, 1.82) is 0 Å². The van der Waals surface area contributed by atoms with Crippen molar-refractivity contribution in [3.8, 4) is 0 Å². The third-order valence-corrected chi connectivity index (χ3v) is 2.44. The maximum Gasteiger partial charge on any atom is 0.325 e. The van der Waals surface area contributed by atoms with Crippen LogP contribution in [0.25, 0.3) is 0 Å². The normalized spacial score (nSPS) is 10.0. The summed E-state index contributed by atoms with van der Waals surface area (Å²) in [6.07, 6.45) is 0.